The van der Waals surface area contributed by atoms with Gasteiger partial charge in [0.2, 0.25) is 0 Å². The molecule has 0 saturated carbocycles. The maximum atomic E-state index is 6.16. The highest BCUT2D eigenvalue weighted by Gasteiger charge is 2.24. The number of likely N-dealkylation sites (tertiary alicyclic amines) is 1. The Morgan fingerprint density at radius 1 is 1.06 bits per heavy atom. The molecule has 0 radical (unpaired) electrons. The zero-order valence-electron chi connectivity index (χ0n) is 10.4. The van der Waals surface area contributed by atoms with Crippen LogP contribution in [0.1, 0.15) is 38.5 Å². The van der Waals surface area contributed by atoms with Crippen LogP contribution in [0.3, 0.4) is 0 Å². The van der Waals surface area contributed by atoms with Gasteiger partial charge in [0.25, 0.3) is 0 Å². The van der Waals surface area contributed by atoms with Gasteiger partial charge in [-0.2, -0.15) is 0 Å². The summed E-state index contributed by atoms with van der Waals surface area (Å²) in [6.07, 6.45) is 8.01. The molecule has 0 bridgehead atoms. The molecule has 2 unspecified atom stereocenters. The van der Waals surface area contributed by atoms with Gasteiger partial charge in [0.05, 0.1) is 6.61 Å². The SMILES string of the molecule is NC1CCOCC1CN1CCCCCCC1. The molecule has 0 aromatic heterocycles. The minimum atomic E-state index is 0.360. The normalized spacial score (nSPS) is 34.3. The van der Waals surface area contributed by atoms with E-state index in [9.17, 15) is 0 Å². The first kappa shape index (κ1) is 12.3. The molecule has 0 aromatic carbocycles. The second kappa shape index (κ2) is 6.58. The van der Waals surface area contributed by atoms with E-state index in [4.69, 9.17) is 10.5 Å². The van der Waals surface area contributed by atoms with E-state index >= 15 is 0 Å². The van der Waals surface area contributed by atoms with Crippen LogP contribution in [0.5, 0.6) is 0 Å². The topological polar surface area (TPSA) is 38.5 Å². The van der Waals surface area contributed by atoms with E-state index in [1.54, 1.807) is 0 Å². The standard InChI is InChI=1S/C13H26N2O/c14-13-6-9-16-11-12(13)10-15-7-4-2-1-3-5-8-15/h12-13H,1-11,14H2. The van der Waals surface area contributed by atoms with E-state index in [0.29, 0.717) is 12.0 Å². The van der Waals surface area contributed by atoms with Crippen LogP contribution in [0.15, 0.2) is 0 Å². The maximum Gasteiger partial charge on any atom is 0.0521 e. The van der Waals surface area contributed by atoms with E-state index in [1.165, 1.54) is 45.2 Å². The van der Waals surface area contributed by atoms with E-state index in [0.717, 1.165) is 26.2 Å². The van der Waals surface area contributed by atoms with Crippen molar-refractivity contribution in [2.45, 2.75) is 44.6 Å². The van der Waals surface area contributed by atoms with Crippen molar-refractivity contribution < 1.29 is 4.74 Å². The van der Waals surface area contributed by atoms with Gasteiger partial charge in [-0.3, -0.25) is 0 Å². The largest absolute Gasteiger partial charge is 0.381 e. The number of hydrogen-bond acceptors (Lipinski definition) is 3. The summed E-state index contributed by atoms with van der Waals surface area (Å²) in [5.74, 6) is 0.563. The van der Waals surface area contributed by atoms with Gasteiger partial charge in [0.1, 0.15) is 0 Å². The molecule has 2 rings (SSSR count). The van der Waals surface area contributed by atoms with Crippen LogP contribution < -0.4 is 5.73 Å². The minimum absolute atomic E-state index is 0.360. The lowest BCUT2D eigenvalue weighted by Crippen LogP contribution is -2.45. The first-order valence-corrected chi connectivity index (χ1v) is 6.92. The first-order valence-electron chi connectivity index (χ1n) is 6.92. The van der Waals surface area contributed by atoms with Crippen LogP contribution in [-0.4, -0.2) is 43.8 Å². The highest BCUT2D eigenvalue weighted by Crippen LogP contribution is 2.17. The van der Waals surface area contributed by atoms with Crippen LogP contribution in [-0.2, 0) is 4.74 Å². The minimum Gasteiger partial charge on any atom is -0.381 e. The zero-order chi connectivity index (χ0) is 11.2. The van der Waals surface area contributed by atoms with Gasteiger partial charge < -0.3 is 15.4 Å². The summed E-state index contributed by atoms with van der Waals surface area (Å²) >= 11 is 0. The van der Waals surface area contributed by atoms with Crippen LogP contribution in [0, 0.1) is 5.92 Å². The highest BCUT2D eigenvalue weighted by atomic mass is 16.5. The number of hydrogen-bond donors (Lipinski definition) is 1. The van der Waals surface area contributed by atoms with Crippen LogP contribution in [0.2, 0.25) is 0 Å². The lowest BCUT2D eigenvalue weighted by Gasteiger charge is -2.34. The van der Waals surface area contributed by atoms with Gasteiger partial charge in [-0.05, 0) is 32.4 Å². The zero-order valence-corrected chi connectivity index (χ0v) is 10.4. The number of ether oxygens (including phenoxy) is 1. The lowest BCUT2D eigenvalue weighted by molar-refractivity contribution is 0.0250. The second-order valence-corrected chi connectivity index (χ2v) is 5.36. The van der Waals surface area contributed by atoms with E-state index in [2.05, 4.69) is 4.90 Å². The third-order valence-corrected chi connectivity index (χ3v) is 3.97. The fourth-order valence-corrected chi connectivity index (χ4v) is 2.83. The molecule has 2 N–H and O–H groups in total. The molecule has 2 fully saturated rings. The van der Waals surface area contributed by atoms with Crippen molar-refractivity contribution in [3.63, 3.8) is 0 Å². The average molecular weight is 226 g/mol. The molecule has 2 saturated heterocycles. The Labute approximate surface area is 99.3 Å². The van der Waals surface area contributed by atoms with E-state index < -0.39 is 0 Å². The molecule has 0 spiro atoms. The second-order valence-electron chi connectivity index (χ2n) is 5.36. The molecule has 16 heavy (non-hydrogen) atoms. The predicted octanol–water partition coefficient (Wildman–Crippen LogP) is 1.62. The highest BCUT2D eigenvalue weighted by molar-refractivity contribution is 4.79. The van der Waals surface area contributed by atoms with Gasteiger partial charge in [-0.25, -0.2) is 0 Å². The summed E-state index contributed by atoms with van der Waals surface area (Å²) < 4.78 is 5.54. The summed E-state index contributed by atoms with van der Waals surface area (Å²) in [4.78, 5) is 2.61. The first-order chi connectivity index (χ1) is 7.86. The number of rotatable bonds is 2. The fraction of sp³-hybridized carbons (Fsp3) is 1.00. The summed E-state index contributed by atoms with van der Waals surface area (Å²) in [5, 5.41) is 0. The van der Waals surface area contributed by atoms with Crippen molar-refractivity contribution >= 4 is 0 Å². The number of nitrogens with zero attached hydrogens (tertiary/aromatic N) is 1. The molecule has 0 aromatic rings. The van der Waals surface area contributed by atoms with Crippen molar-refractivity contribution in [2.75, 3.05) is 32.8 Å². The van der Waals surface area contributed by atoms with Crippen LogP contribution in [0.4, 0.5) is 0 Å². The Hall–Kier alpha value is -0.120. The average Bonchev–Trinajstić information content (AvgIpc) is 2.24. The maximum absolute atomic E-state index is 6.16. The van der Waals surface area contributed by atoms with Crippen LogP contribution >= 0.6 is 0 Å². The van der Waals surface area contributed by atoms with Crippen molar-refractivity contribution in [1.29, 1.82) is 0 Å². The summed E-state index contributed by atoms with van der Waals surface area (Å²) in [6.45, 7) is 5.42. The monoisotopic (exact) mass is 226 g/mol. The molecule has 0 aliphatic carbocycles. The summed E-state index contributed by atoms with van der Waals surface area (Å²) in [5.41, 5.74) is 6.16. The van der Waals surface area contributed by atoms with E-state index in [-0.39, 0.29) is 0 Å². The van der Waals surface area contributed by atoms with Gasteiger partial charge >= 0.3 is 0 Å². The third-order valence-electron chi connectivity index (χ3n) is 3.97. The van der Waals surface area contributed by atoms with Gasteiger partial charge in [0.15, 0.2) is 0 Å². The molecular weight excluding hydrogens is 200 g/mol. The third kappa shape index (κ3) is 3.72. The molecule has 2 aliphatic rings. The molecule has 0 amide bonds. The summed E-state index contributed by atoms with van der Waals surface area (Å²) in [7, 11) is 0. The molecule has 3 heteroatoms. The quantitative estimate of drug-likeness (QED) is 0.777. The molecule has 2 atom stereocenters. The van der Waals surface area contributed by atoms with Crippen molar-refractivity contribution in [2.24, 2.45) is 11.7 Å². The molecular formula is C13H26N2O. The van der Waals surface area contributed by atoms with Crippen LogP contribution in [0.25, 0.3) is 0 Å². The Kier molecular flexibility index (Phi) is 5.07. The molecule has 2 heterocycles. The Balaban J connectivity index is 1.77. The molecule has 2 aliphatic heterocycles. The predicted molar refractivity (Wildman–Crippen MR) is 66.4 cm³/mol. The fourth-order valence-electron chi connectivity index (χ4n) is 2.83. The summed E-state index contributed by atoms with van der Waals surface area (Å²) in [6, 6.07) is 0.360. The molecule has 3 nitrogen and oxygen atoms in total. The Morgan fingerprint density at radius 3 is 2.44 bits per heavy atom. The molecule has 94 valence electrons. The van der Waals surface area contributed by atoms with E-state index in [1.807, 2.05) is 0 Å². The lowest BCUT2D eigenvalue weighted by atomic mass is 9.95. The Morgan fingerprint density at radius 2 is 1.75 bits per heavy atom. The number of nitrogens with two attached hydrogens (primary N) is 1. The smallest absolute Gasteiger partial charge is 0.0521 e. The Bertz CT molecular complexity index is 190. The van der Waals surface area contributed by atoms with Gasteiger partial charge in [-0.15, -0.1) is 0 Å². The van der Waals surface area contributed by atoms with Gasteiger partial charge in [-0.1, -0.05) is 19.3 Å². The van der Waals surface area contributed by atoms with Crippen molar-refractivity contribution in [3.05, 3.63) is 0 Å². The van der Waals surface area contributed by atoms with Gasteiger partial charge in [0, 0.05) is 25.1 Å². The van der Waals surface area contributed by atoms with Crippen molar-refractivity contribution in [3.8, 4) is 0 Å². The van der Waals surface area contributed by atoms with Crippen molar-refractivity contribution in [1.82, 2.24) is 4.90 Å².